The van der Waals surface area contributed by atoms with Crippen LogP contribution in [0.3, 0.4) is 0 Å². The van der Waals surface area contributed by atoms with Crippen LogP contribution in [0.5, 0.6) is 0 Å². The summed E-state index contributed by atoms with van der Waals surface area (Å²) in [5, 5.41) is 9.42. The Morgan fingerprint density at radius 1 is 1.53 bits per heavy atom. The first-order valence-electron chi connectivity index (χ1n) is 5.93. The number of nitrogens with zero attached hydrogens (tertiary/aromatic N) is 1. The largest absolute Gasteiger partial charge is 0.481 e. The smallest absolute Gasteiger partial charge is 0.419 e. The highest BCUT2D eigenvalue weighted by Crippen LogP contribution is 2.29. The average molecular weight is 264 g/mol. The van der Waals surface area contributed by atoms with Crippen LogP contribution in [0, 0.1) is 0 Å². The van der Waals surface area contributed by atoms with Gasteiger partial charge in [0.25, 0.3) is 0 Å². The molecule has 0 saturated heterocycles. The van der Waals surface area contributed by atoms with Crippen molar-refractivity contribution in [1.82, 2.24) is 4.57 Å². The van der Waals surface area contributed by atoms with Gasteiger partial charge < -0.3 is 15.3 Å². The Morgan fingerprint density at radius 2 is 2.21 bits per heavy atom. The van der Waals surface area contributed by atoms with Gasteiger partial charge in [-0.3, -0.25) is 9.36 Å². The van der Waals surface area contributed by atoms with Crippen LogP contribution in [0.2, 0.25) is 0 Å². The molecule has 3 N–H and O–H groups in total. The number of hydrogen-bond donors (Lipinski definition) is 2. The summed E-state index contributed by atoms with van der Waals surface area (Å²) in [5.41, 5.74) is 6.05. The van der Waals surface area contributed by atoms with Crippen LogP contribution in [0.4, 0.5) is 0 Å². The predicted molar refractivity (Wildman–Crippen MR) is 70.1 cm³/mol. The Labute approximate surface area is 109 Å². The number of oxazole rings is 1. The molecule has 2 aromatic rings. The number of nitrogens with two attached hydrogens (primary N) is 1. The van der Waals surface area contributed by atoms with E-state index >= 15 is 0 Å². The van der Waals surface area contributed by atoms with E-state index in [9.17, 15) is 14.7 Å². The standard InChI is InChI=1S/C13H16N2O4/c1-13(5-6-14,11(16)17)8-3-4-10-9(7-8)15(2)12(18)19-10/h3-4,7H,5-6,14H2,1-2H3,(H,16,17). The molecule has 1 atom stereocenters. The molecule has 0 spiro atoms. The molecule has 0 radical (unpaired) electrons. The van der Waals surface area contributed by atoms with Gasteiger partial charge in [-0.1, -0.05) is 6.07 Å². The molecule has 6 nitrogen and oxygen atoms in total. The zero-order valence-electron chi connectivity index (χ0n) is 10.8. The maximum absolute atomic E-state index is 11.5. The molecular formula is C13H16N2O4. The number of hydrogen-bond acceptors (Lipinski definition) is 4. The molecule has 0 aliphatic heterocycles. The van der Waals surface area contributed by atoms with Gasteiger partial charge in [-0.15, -0.1) is 0 Å². The summed E-state index contributed by atoms with van der Waals surface area (Å²) >= 11 is 0. The third-order valence-corrected chi connectivity index (χ3v) is 3.54. The molecule has 6 heteroatoms. The molecule has 0 amide bonds. The molecule has 0 aliphatic rings. The molecule has 102 valence electrons. The molecule has 2 rings (SSSR count). The molecular weight excluding hydrogens is 248 g/mol. The van der Waals surface area contributed by atoms with E-state index in [1.807, 2.05) is 0 Å². The van der Waals surface area contributed by atoms with Gasteiger partial charge in [-0.2, -0.15) is 0 Å². The molecule has 1 unspecified atom stereocenters. The van der Waals surface area contributed by atoms with Crippen molar-refractivity contribution in [2.24, 2.45) is 12.8 Å². The van der Waals surface area contributed by atoms with Gasteiger partial charge in [0.1, 0.15) is 0 Å². The molecule has 1 aromatic carbocycles. The van der Waals surface area contributed by atoms with Crippen molar-refractivity contribution in [2.45, 2.75) is 18.8 Å². The molecule has 19 heavy (non-hydrogen) atoms. The molecule has 1 aromatic heterocycles. The van der Waals surface area contributed by atoms with Crippen LogP contribution in [-0.4, -0.2) is 22.2 Å². The van der Waals surface area contributed by atoms with E-state index < -0.39 is 17.1 Å². The molecule has 0 aliphatic carbocycles. The van der Waals surface area contributed by atoms with Gasteiger partial charge in [0, 0.05) is 7.05 Å². The van der Waals surface area contributed by atoms with Crippen molar-refractivity contribution in [3.8, 4) is 0 Å². The maximum atomic E-state index is 11.5. The van der Waals surface area contributed by atoms with Gasteiger partial charge in [-0.05, 0) is 37.6 Å². The lowest BCUT2D eigenvalue weighted by atomic mass is 9.79. The highest BCUT2D eigenvalue weighted by Gasteiger charge is 2.34. The van der Waals surface area contributed by atoms with Crippen LogP contribution in [0.25, 0.3) is 11.1 Å². The average Bonchev–Trinajstić information content (AvgIpc) is 2.65. The second-order valence-electron chi connectivity index (χ2n) is 4.79. The number of aliphatic carboxylic acids is 1. The summed E-state index contributed by atoms with van der Waals surface area (Å²) < 4.78 is 6.37. The number of rotatable bonds is 4. The van der Waals surface area contributed by atoms with Gasteiger partial charge >= 0.3 is 11.7 Å². The lowest BCUT2D eigenvalue weighted by Crippen LogP contribution is -2.34. The number of carbonyl (C=O) groups is 1. The summed E-state index contributed by atoms with van der Waals surface area (Å²) in [6, 6.07) is 4.95. The van der Waals surface area contributed by atoms with Gasteiger partial charge in [0.2, 0.25) is 0 Å². The van der Waals surface area contributed by atoms with Crippen molar-refractivity contribution in [3.05, 3.63) is 34.3 Å². The number of carboxylic acids is 1. The quantitative estimate of drug-likeness (QED) is 0.852. The molecule has 0 fully saturated rings. The van der Waals surface area contributed by atoms with E-state index in [0.717, 1.165) is 0 Å². The van der Waals surface area contributed by atoms with E-state index in [0.29, 0.717) is 23.1 Å². The number of carboxylic acid groups (broad SMARTS) is 1. The van der Waals surface area contributed by atoms with Gasteiger partial charge in [0.05, 0.1) is 10.9 Å². The lowest BCUT2D eigenvalue weighted by Gasteiger charge is -2.24. The summed E-state index contributed by atoms with van der Waals surface area (Å²) in [4.78, 5) is 22.9. The Balaban J connectivity index is 2.64. The zero-order valence-corrected chi connectivity index (χ0v) is 10.8. The minimum absolute atomic E-state index is 0.269. The molecule has 0 saturated carbocycles. The fraction of sp³-hybridized carbons (Fsp3) is 0.385. The lowest BCUT2D eigenvalue weighted by molar-refractivity contribution is -0.143. The third-order valence-electron chi connectivity index (χ3n) is 3.54. The highest BCUT2D eigenvalue weighted by molar-refractivity contribution is 5.83. The van der Waals surface area contributed by atoms with Crippen molar-refractivity contribution in [1.29, 1.82) is 0 Å². The Hall–Kier alpha value is -2.08. The summed E-state index contributed by atoms with van der Waals surface area (Å²) in [6.07, 6.45) is 0.319. The maximum Gasteiger partial charge on any atom is 0.419 e. The first-order valence-corrected chi connectivity index (χ1v) is 5.93. The summed E-state index contributed by atoms with van der Waals surface area (Å²) in [5.74, 6) is -1.41. The first kappa shape index (κ1) is 13.4. The summed E-state index contributed by atoms with van der Waals surface area (Å²) in [6.45, 7) is 1.90. The third kappa shape index (κ3) is 2.04. The van der Waals surface area contributed by atoms with Gasteiger partial charge in [-0.25, -0.2) is 4.79 Å². The van der Waals surface area contributed by atoms with E-state index in [1.165, 1.54) is 4.57 Å². The van der Waals surface area contributed by atoms with Gasteiger partial charge in [0.15, 0.2) is 5.58 Å². The summed E-state index contributed by atoms with van der Waals surface area (Å²) in [7, 11) is 1.58. The Bertz CT molecular complexity index is 685. The van der Waals surface area contributed by atoms with E-state index in [2.05, 4.69) is 0 Å². The minimum atomic E-state index is -1.07. The minimum Gasteiger partial charge on any atom is -0.481 e. The van der Waals surface area contributed by atoms with Crippen molar-refractivity contribution >= 4 is 17.1 Å². The first-order chi connectivity index (χ1) is 8.90. The fourth-order valence-corrected chi connectivity index (χ4v) is 2.13. The van der Waals surface area contributed by atoms with Crippen molar-refractivity contribution < 1.29 is 14.3 Å². The zero-order chi connectivity index (χ0) is 14.2. The second kappa shape index (κ2) is 4.55. The highest BCUT2D eigenvalue weighted by atomic mass is 16.4. The van der Waals surface area contributed by atoms with Crippen molar-refractivity contribution in [2.75, 3.05) is 6.54 Å². The number of benzene rings is 1. The monoisotopic (exact) mass is 264 g/mol. The fourth-order valence-electron chi connectivity index (χ4n) is 2.13. The van der Waals surface area contributed by atoms with Crippen LogP contribution in [0.15, 0.2) is 27.4 Å². The van der Waals surface area contributed by atoms with Crippen LogP contribution in [0.1, 0.15) is 18.9 Å². The second-order valence-corrected chi connectivity index (χ2v) is 4.79. The van der Waals surface area contributed by atoms with E-state index in [1.54, 1.807) is 32.2 Å². The van der Waals surface area contributed by atoms with Crippen molar-refractivity contribution in [3.63, 3.8) is 0 Å². The number of fused-ring (bicyclic) bond motifs is 1. The normalized spacial score (nSPS) is 14.5. The number of aryl methyl sites for hydroxylation is 1. The topological polar surface area (TPSA) is 98.5 Å². The molecule has 0 bridgehead atoms. The van der Waals surface area contributed by atoms with E-state index in [-0.39, 0.29) is 6.54 Å². The van der Waals surface area contributed by atoms with Crippen LogP contribution >= 0.6 is 0 Å². The predicted octanol–water partition coefficient (Wildman–Crippen LogP) is 0.823. The number of aromatic nitrogens is 1. The Kier molecular flexibility index (Phi) is 3.20. The molecule has 1 heterocycles. The Morgan fingerprint density at radius 3 is 2.79 bits per heavy atom. The van der Waals surface area contributed by atoms with Crippen LogP contribution < -0.4 is 11.5 Å². The van der Waals surface area contributed by atoms with Crippen LogP contribution in [-0.2, 0) is 17.3 Å². The van der Waals surface area contributed by atoms with E-state index in [4.69, 9.17) is 10.2 Å². The SMILES string of the molecule is Cn1c(=O)oc2ccc(C(C)(CCN)C(=O)O)cc21.